The molecule has 0 atom stereocenters. The van der Waals surface area contributed by atoms with Gasteiger partial charge in [0, 0.05) is 6.42 Å². The zero-order valence-electron chi connectivity index (χ0n) is 12.3. The second-order valence-electron chi connectivity index (χ2n) is 5.29. The maximum absolute atomic E-state index is 11.7. The summed E-state index contributed by atoms with van der Waals surface area (Å²) in [6, 6.07) is 5.43. The lowest BCUT2D eigenvalue weighted by Gasteiger charge is -2.20. The number of nitrogens with one attached hydrogen (secondary N) is 1. The Balaban J connectivity index is 2.80. The summed E-state index contributed by atoms with van der Waals surface area (Å²) >= 11 is 0. The molecule has 0 radical (unpaired) electrons. The van der Waals surface area contributed by atoms with Gasteiger partial charge in [0.1, 0.15) is 11.4 Å². The molecule has 5 nitrogen and oxygen atoms in total. The molecular formula is C15H20N2O3. The molecule has 1 rings (SSSR count). The molecule has 0 aliphatic heterocycles. The van der Waals surface area contributed by atoms with E-state index < -0.39 is 11.7 Å². The van der Waals surface area contributed by atoms with Crippen molar-refractivity contribution in [1.29, 1.82) is 0 Å². The van der Waals surface area contributed by atoms with Gasteiger partial charge >= 0.3 is 6.09 Å². The van der Waals surface area contributed by atoms with E-state index in [9.17, 15) is 4.79 Å². The summed E-state index contributed by atoms with van der Waals surface area (Å²) in [5.74, 6) is 0.554. The first-order chi connectivity index (χ1) is 9.35. The van der Waals surface area contributed by atoms with Crippen LogP contribution in [0.4, 0.5) is 10.5 Å². The quantitative estimate of drug-likeness (QED) is 0.856. The Labute approximate surface area is 119 Å². The first-order valence-electron chi connectivity index (χ1n) is 6.36. The molecule has 0 saturated carbocycles. The van der Waals surface area contributed by atoms with Gasteiger partial charge in [0.25, 0.3) is 0 Å². The highest BCUT2D eigenvalue weighted by atomic mass is 16.6. The van der Waals surface area contributed by atoms with E-state index in [1.54, 1.807) is 26.8 Å². The highest BCUT2D eigenvalue weighted by molar-refractivity contribution is 5.87. The normalized spacial score (nSPS) is 10.6. The summed E-state index contributed by atoms with van der Waals surface area (Å²) in [5.41, 5.74) is 0.994. The van der Waals surface area contributed by atoms with Gasteiger partial charge in [-0.3, -0.25) is 5.32 Å². The van der Waals surface area contributed by atoms with E-state index in [-0.39, 0.29) is 0 Å². The Bertz CT molecular complexity index is 513. The van der Waals surface area contributed by atoms with Crippen LogP contribution in [0.25, 0.3) is 4.85 Å². The fraction of sp³-hybridized carbons (Fsp3) is 0.467. The number of rotatable bonds is 4. The number of carbonyl (C=O) groups is 1. The predicted octanol–water partition coefficient (Wildman–Crippen LogP) is 3.50. The molecule has 20 heavy (non-hydrogen) atoms. The molecule has 0 heterocycles. The lowest BCUT2D eigenvalue weighted by Crippen LogP contribution is -2.27. The van der Waals surface area contributed by atoms with E-state index in [0.29, 0.717) is 24.4 Å². The average molecular weight is 276 g/mol. The van der Waals surface area contributed by atoms with Crippen molar-refractivity contribution >= 4 is 11.8 Å². The molecule has 1 aromatic rings. The number of hydrogen-bond donors (Lipinski definition) is 1. The molecule has 0 fully saturated rings. The van der Waals surface area contributed by atoms with Crippen LogP contribution in [0, 0.1) is 6.57 Å². The Morgan fingerprint density at radius 3 is 2.65 bits per heavy atom. The Hall–Kier alpha value is -2.22. The Kier molecular flexibility index (Phi) is 5.39. The van der Waals surface area contributed by atoms with Gasteiger partial charge in [-0.1, -0.05) is 6.07 Å². The number of anilines is 1. The van der Waals surface area contributed by atoms with Crippen molar-refractivity contribution in [2.24, 2.45) is 0 Å². The van der Waals surface area contributed by atoms with Gasteiger partial charge in [0.2, 0.25) is 6.54 Å². The molecule has 108 valence electrons. The van der Waals surface area contributed by atoms with E-state index >= 15 is 0 Å². The van der Waals surface area contributed by atoms with Gasteiger partial charge in [0.15, 0.2) is 0 Å². The number of carbonyl (C=O) groups excluding carboxylic acids is 1. The Morgan fingerprint density at radius 2 is 2.10 bits per heavy atom. The lowest BCUT2D eigenvalue weighted by atomic mass is 10.1. The second-order valence-corrected chi connectivity index (χ2v) is 5.29. The molecule has 0 aliphatic carbocycles. The first-order valence-corrected chi connectivity index (χ1v) is 6.36. The topological polar surface area (TPSA) is 51.9 Å². The number of ether oxygens (including phenoxy) is 2. The molecule has 0 saturated heterocycles. The summed E-state index contributed by atoms with van der Waals surface area (Å²) in [6.07, 6.45) is 0.136. The fourth-order valence-electron chi connectivity index (χ4n) is 1.59. The van der Waals surface area contributed by atoms with Crippen LogP contribution in [-0.4, -0.2) is 25.3 Å². The maximum atomic E-state index is 11.7. The Morgan fingerprint density at radius 1 is 1.40 bits per heavy atom. The molecule has 5 heteroatoms. The minimum Gasteiger partial charge on any atom is -0.495 e. The monoisotopic (exact) mass is 276 g/mol. The van der Waals surface area contributed by atoms with E-state index in [2.05, 4.69) is 10.2 Å². The smallest absolute Gasteiger partial charge is 0.412 e. The standard InChI is InChI=1S/C15H20N2O3/c1-15(2,3)20-14(18)17-12-7-6-11(8-9-16-4)10-13(12)19-5/h6-7,10H,8-9H2,1-3,5H3,(H,17,18). The second kappa shape index (κ2) is 6.80. The van der Waals surface area contributed by atoms with E-state index in [1.807, 2.05) is 12.1 Å². The molecule has 1 amide bonds. The van der Waals surface area contributed by atoms with Crippen molar-refractivity contribution in [2.45, 2.75) is 32.8 Å². The van der Waals surface area contributed by atoms with Crippen molar-refractivity contribution in [2.75, 3.05) is 19.0 Å². The molecule has 0 unspecified atom stereocenters. The van der Waals surface area contributed by atoms with Crippen LogP contribution in [-0.2, 0) is 11.2 Å². The fourth-order valence-corrected chi connectivity index (χ4v) is 1.59. The van der Waals surface area contributed by atoms with Crippen LogP contribution >= 0.6 is 0 Å². The lowest BCUT2D eigenvalue weighted by molar-refractivity contribution is 0.0635. The van der Waals surface area contributed by atoms with E-state index in [4.69, 9.17) is 16.0 Å². The van der Waals surface area contributed by atoms with Crippen molar-refractivity contribution in [3.05, 3.63) is 35.2 Å². The summed E-state index contributed by atoms with van der Waals surface area (Å²) < 4.78 is 10.4. The van der Waals surface area contributed by atoms with Crippen molar-refractivity contribution < 1.29 is 14.3 Å². The van der Waals surface area contributed by atoms with Crippen molar-refractivity contribution in [1.82, 2.24) is 0 Å². The zero-order valence-corrected chi connectivity index (χ0v) is 12.3. The molecule has 0 aliphatic rings. The molecule has 1 N–H and O–H groups in total. The average Bonchev–Trinajstić information content (AvgIpc) is 2.35. The van der Waals surface area contributed by atoms with Crippen molar-refractivity contribution in [3.8, 4) is 5.75 Å². The van der Waals surface area contributed by atoms with Gasteiger partial charge in [-0.2, -0.15) is 0 Å². The zero-order chi connectivity index (χ0) is 15.2. The largest absolute Gasteiger partial charge is 0.495 e. The van der Waals surface area contributed by atoms with Gasteiger partial charge in [-0.05, 0) is 38.5 Å². The first kappa shape index (κ1) is 15.8. The summed E-state index contributed by atoms with van der Waals surface area (Å²) in [5, 5.41) is 2.65. The number of nitrogens with zero attached hydrogens (tertiary/aromatic N) is 1. The molecular weight excluding hydrogens is 256 g/mol. The van der Waals surface area contributed by atoms with E-state index in [0.717, 1.165) is 5.56 Å². The number of amides is 1. The molecule has 1 aromatic carbocycles. The number of methoxy groups -OCH3 is 1. The summed E-state index contributed by atoms with van der Waals surface area (Å²) in [4.78, 5) is 15.0. The summed E-state index contributed by atoms with van der Waals surface area (Å²) in [6.45, 7) is 12.6. The maximum Gasteiger partial charge on any atom is 0.412 e. The third kappa shape index (κ3) is 5.19. The van der Waals surface area contributed by atoms with Gasteiger partial charge < -0.3 is 14.3 Å². The van der Waals surface area contributed by atoms with Crippen LogP contribution in [0.3, 0.4) is 0 Å². The van der Waals surface area contributed by atoms with Gasteiger partial charge in [0.05, 0.1) is 12.8 Å². The van der Waals surface area contributed by atoms with Crippen LogP contribution < -0.4 is 10.1 Å². The molecule has 0 aromatic heterocycles. The molecule has 0 spiro atoms. The highest BCUT2D eigenvalue weighted by Gasteiger charge is 2.17. The van der Waals surface area contributed by atoms with Crippen LogP contribution in [0.15, 0.2) is 18.2 Å². The highest BCUT2D eigenvalue weighted by Crippen LogP contribution is 2.26. The van der Waals surface area contributed by atoms with Gasteiger partial charge in [-0.15, -0.1) is 0 Å². The summed E-state index contributed by atoms with van der Waals surface area (Å²) in [7, 11) is 1.54. The van der Waals surface area contributed by atoms with Crippen LogP contribution in [0.1, 0.15) is 26.3 Å². The van der Waals surface area contributed by atoms with Gasteiger partial charge in [-0.25, -0.2) is 11.4 Å². The minimum absolute atomic E-state index is 0.433. The predicted molar refractivity (Wildman–Crippen MR) is 78.0 cm³/mol. The van der Waals surface area contributed by atoms with Crippen LogP contribution in [0.5, 0.6) is 5.75 Å². The molecule has 0 bridgehead atoms. The van der Waals surface area contributed by atoms with Crippen molar-refractivity contribution in [3.63, 3.8) is 0 Å². The minimum atomic E-state index is -0.549. The number of hydrogen-bond acceptors (Lipinski definition) is 3. The number of benzene rings is 1. The van der Waals surface area contributed by atoms with Crippen LogP contribution in [0.2, 0.25) is 0 Å². The SMILES string of the molecule is [C-]#[N+]CCc1ccc(NC(=O)OC(C)(C)C)c(OC)c1. The van der Waals surface area contributed by atoms with E-state index in [1.165, 1.54) is 7.11 Å². The third-order valence-electron chi connectivity index (χ3n) is 2.41. The third-order valence-corrected chi connectivity index (χ3v) is 2.41.